The van der Waals surface area contributed by atoms with Crippen LogP contribution in [0, 0.1) is 0 Å². The highest BCUT2D eigenvalue weighted by molar-refractivity contribution is 6.42. The first-order chi connectivity index (χ1) is 34.9. The molecule has 1 amide bonds. The molecule has 5 aromatic rings. The summed E-state index contributed by atoms with van der Waals surface area (Å²) in [4.78, 5) is 114. The second kappa shape index (κ2) is 27.8. The number of aldehydes is 1. The maximum Gasteiger partial charge on any atom is 0.305 e. The van der Waals surface area contributed by atoms with E-state index in [0.29, 0.717) is 44.6 Å². The number of carboxylic acids is 1. The van der Waals surface area contributed by atoms with Gasteiger partial charge in [0.2, 0.25) is 40.7 Å². The standard InChI is InChI=1S/C48H64N14O11/c1-25(64)39(44(71)42(69)31(14-8-18-54-47(50)51)59-61-33(35(65)24-63)20-26-10-4-2-5-11-26)57-45(72)32(15-9-19-55-48(52)53)60-62-34(43(70)41(68)29(49)22-37(66)67)21-28-23-56-30-16-17-36-40(38(28)30)58-46(73-36)27-12-6-3-7-13-27/h2-7,10-13,16-17,23-25,29,31-34,39,47-48,54-56,59-62,64H,8-9,14-15,18-22,49-53H2,1H3,(H,57,72)(H,66,67)/t25-,29+,31+,32+,33+,34?,39+/m1/s1. The Kier molecular flexibility index (Phi) is 21.8. The van der Waals surface area contributed by atoms with Gasteiger partial charge in [-0.1, -0.05) is 48.5 Å². The number of nitrogens with one attached hydrogen (secondary N) is 8. The average Bonchev–Trinajstić information content (AvgIpc) is 4.00. The number of carbonyl (C=O) groups excluding carboxylic acids is 7. The summed E-state index contributed by atoms with van der Waals surface area (Å²) in [6.45, 7) is 1.53. The number of aliphatic hydroxyl groups is 1. The number of carbonyl (C=O) groups is 8. The maximum absolute atomic E-state index is 14.3. The molecule has 0 spiro atoms. The van der Waals surface area contributed by atoms with Gasteiger partial charge < -0.3 is 53.6 Å². The third kappa shape index (κ3) is 16.6. The van der Waals surface area contributed by atoms with Gasteiger partial charge in [-0.3, -0.25) is 49.0 Å². The number of benzene rings is 3. The van der Waals surface area contributed by atoms with Crippen LogP contribution in [-0.4, -0.2) is 135 Å². The molecule has 73 heavy (non-hydrogen) atoms. The van der Waals surface area contributed by atoms with Crippen molar-refractivity contribution in [3.05, 3.63) is 90.1 Å². The number of ketones is 5. The van der Waals surface area contributed by atoms with Crippen LogP contribution in [0.4, 0.5) is 0 Å². The Balaban J connectivity index is 1.42. The number of hydrogen-bond acceptors (Lipinski definition) is 22. The van der Waals surface area contributed by atoms with Crippen LogP contribution < -0.4 is 66.3 Å². The van der Waals surface area contributed by atoms with Crippen molar-refractivity contribution in [1.82, 2.24) is 47.6 Å². The lowest BCUT2D eigenvalue weighted by Gasteiger charge is -2.28. The SMILES string of the molecule is C[C@@H](O)[C@H](NC(=O)[C@H](CCCNC(N)N)NNC(Cc1c[nH]c2ccc3oc(-c4ccccc4)nc3c12)C(=O)C(=O)[C@@H](N)CC(=O)O)C(=O)C(=O)[C@H](CCCNC(N)N)NN[C@@H](Cc1ccccc1)C(=O)C=O. The summed E-state index contributed by atoms with van der Waals surface area (Å²) in [5.41, 5.74) is 42.7. The van der Waals surface area contributed by atoms with Gasteiger partial charge in [0.25, 0.3) is 0 Å². The number of oxazole rings is 1. The molecule has 0 bridgehead atoms. The van der Waals surface area contributed by atoms with Gasteiger partial charge in [0.1, 0.15) is 24.1 Å². The van der Waals surface area contributed by atoms with E-state index in [1.807, 2.05) is 30.3 Å². The number of fused-ring (bicyclic) bond motifs is 3. The number of hydrazine groups is 2. The van der Waals surface area contributed by atoms with Crippen molar-refractivity contribution in [3.63, 3.8) is 0 Å². The molecule has 20 N–H and O–H groups in total. The van der Waals surface area contributed by atoms with Gasteiger partial charge in [0.15, 0.2) is 11.9 Å². The molecule has 25 heteroatoms. The van der Waals surface area contributed by atoms with Gasteiger partial charge in [0.05, 0.1) is 42.7 Å². The summed E-state index contributed by atoms with van der Waals surface area (Å²) in [5, 5.41) is 28.9. The fraction of sp³-hybridized carbons (Fsp3) is 0.396. The summed E-state index contributed by atoms with van der Waals surface area (Å²) < 4.78 is 6.07. The predicted molar refractivity (Wildman–Crippen MR) is 267 cm³/mol. The van der Waals surface area contributed by atoms with Gasteiger partial charge in [-0.2, -0.15) is 0 Å². The molecule has 0 fully saturated rings. The molecule has 25 nitrogen and oxygen atoms in total. The quantitative estimate of drug-likeness (QED) is 0.00654. The van der Waals surface area contributed by atoms with E-state index in [1.54, 1.807) is 48.7 Å². The number of nitrogens with two attached hydrogens (primary N) is 5. The molecule has 0 aliphatic rings. The normalized spacial score (nSPS) is 14.6. The Morgan fingerprint density at radius 3 is 1.89 bits per heavy atom. The Labute approximate surface area is 418 Å². The zero-order valence-corrected chi connectivity index (χ0v) is 40.0. The lowest BCUT2D eigenvalue weighted by atomic mass is 9.95. The first kappa shape index (κ1) is 57.1. The van der Waals surface area contributed by atoms with Crippen molar-refractivity contribution in [2.75, 3.05) is 13.1 Å². The molecule has 0 saturated heterocycles. The van der Waals surface area contributed by atoms with Gasteiger partial charge in [-0.05, 0) is 93.9 Å². The molecular weight excluding hydrogens is 949 g/mol. The van der Waals surface area contributed by atoms with Crippen LogP contribution in [0.2, 0.25) is 0 Å². The number of carboxylic acid groups (broad SMARTS) is 1. The van der Waals surface area contributed by atoms with Crippen LogP contribution in [0.1, 0.15) is 50.2 Å². The first-order valence-corrected chi connectivity index (χ1v) is 23.5. The maximum atomic E-state index is 14.3. The summed E-state index contributed by atoms with van der Waals surface area (Å²) >= 11 is 0. The van der Waals surface area contributed by atoms with Crippen molar-refractivity contribution >= 4 is 69.1 Å². The van der Waals surface area contributed by atoms with E-state index in [4.69, 9.17) is 38.1 Å². The first-order valence-electron chi connectivity index (χ1n) is 23.5. The molecule has 0 aliphatic heterocycles. The molecule has 0 saturated carbocycles. The second-order valence-corrected chi connectivity index (χ2v) is 17.4. The highest BCUT2D eigenvalue weighted by atomic mass is 16.4. The zero-order chi connectivity index (χ0) is 53.2. The monoisotopic (exact) mass is 1010 g/mol. The fourth-order valence-corrected chi connectivity index (χ4v) is 7.83. The van der Waals surface area contributed by atoms with Crippen LogP contribution in [-0.2, 0) is 51.2 Å². The van der Waals surface area contributed by atoms with Crippen molar-refractivity contribution in [2.45, 2.75) is 107 Å². The number of rotatable bonds is 34. The van der Waals surface area contributed by atoms with Crippen molar-refractivity contribution < 1.29 is 53.0 Å². The molecule has 0 radical (unpaired) electrons. The number of aliphatic carboxylic acids is 1. The highest BCUT2D eigenvalue weighted by Gasteiger charge is 2.38. The zero-order valence-electron chi connectivity index (χ0n) is 40.0. The topological polar surface area (TPSA) is 433 Å². The Morgan fingerprint density at radius 2 is 1.29 bits per heavy atom. The van der Waals surface area contributed by atoms with Crippen molar-refractivity contribution in [2.24, 2.45) is 28.7 Å². The van der Waals surface area contributed by atoms with E-state index in [1.165, 1.54) is 6.92 Å². The summed E-state index contributed by atoms with van der Waals surface area (Å²) in [5.74, 6) is -7.63. The van der Waals surface area contributed by atoms with E-state index in [2.05, 4.69) is 42.6 Å². The molecule has 1 unspecified atom stereocenters. The van der Waals surface area contributed by atoms with Crippen LogP contribution >= 0.6 is 0 Å². The molecule has 7 atom stereocenters. The summed E-state index contributed by atoms with van der Waals surface area (Å²) in [6, 6.07) is 12.2. The number of nitrogens with zero attached hydrogens (tertiary/aromatic N) is 1. The largest absolute Gasteiger partial charge is 0.481 e. The number of H-pyrrole nitrogens is 1. The van der Waals surface area contributed by atoms with E-state index < -0.39 is 102 Å². The minimum atomic E-state index is -1.86. The number of aromatic amines is 1. The number of aliphatic hydroxyl groups excluding tert-OH is 1. The molecule has 5 rings (SSSR count). The van der Waals surface area contributed by atoms with Crippen molar-refractivity contribution in [3.8, 4) is 11.5 Å². The van der Waals surface area contributed by atoms with E-state index in [9.17, 15) is 48.6 Å². The lowest BCUT2D eigenvalue weighted by molar-refractivity contribution is -0.143. The Morgan fingerprint density at radius 1 is 0.712 bits per heavy atom. The minimum Gasteiger partial charge on any atom is -0.481 e. The molecule has 2 heterocycles. The number of aromatic nitrogens is 2. The molecule has 0 aliphatic carbocycles. The predicted octanol–water partition coefficient (Wildman–Crippen LogP) is -2.72. The molecule has 392 valence electrons. The van der Waals surface area contributed by atoms with Gasteiger partial charge in [0, 0.05) is 22.7 Å². The van der Waals surface area contributed by atoms with Crippen LogP contribution in [0.25, 0.3) is 33.5 Å². The van der Waals surface area contributed by atoms with Crippen molar-refractivity contribution in [1.29, 1.82) is 0 Å². The number of amides is 1. The fourth-order valence-electron chi connectivity index (χ4n) is 7.83. The molecule has 2 aromatic heterocycles. The van der Waals surface area contributed by atoms with Crippen LogP contribution in [0.3, 0.4) is 0 Å². The average molecular weight is 1010 g/mol. The van der Waals surface area contributed by atoms with Gasteiger partial charge >= 0.3 is 5.97 Å². The Bertz CT molecular complexity index is 2680. The van der Waals surface area contributed by atoms with Gasteiger partial charge in [-0.15, -0.1) is 0 Å². The van der Waals surface area contributed by atoms with Crippen LogP contribution in [0.15, 0.2) is 83.4 Å². The third-order valence-corrected chi connectivity index (χ3v) is 11.7. The van der Waals surface area contributed by atoms with Gasteiger partial charge in [-0.25, -0.2) is 26.7 Å². The lowest BCUT2D eigenvalue weighted by Crippen LogP contribution is -2.62. The molecular formula is C48H64N14O11. The van der Waals surface area contributed by atoms with Crippen LogP contribution in [0.5, 0.6) is 0 Å². The summed E-state index contributed by atoms with van der Waals surface area (Å²) in [7, 11) is 0. The number of Topliss-reactive ketones (excluding diaryl/α,β-unsaturated/α-hetero) is 5. The second-order valence-electron chi connectivity index (χ2n) is 17.4. The number of hydrogen-bond donors (Lipinski definition) is 15. The summed E-state index contributed by atoms with van der Waals surface area (Å²) in [6.07, 6.45) is -2.60. The molecule has 3 aromatic carbocycles. The third-order valence-electron chi connectivity index (χ3n) is 11.7. The van der Waals surface area contributed by atoms with E-state index >= 15 is 0 Å². The van der Waals surface area contributed by atoms with E-state index in [0.717, 1.165) is 0 Å². The highest BCUT2D eigenvalue weighted by Crippen LogP contribution is 2.32. The smallest absolute Gasteiger partial charge is 0.305 e. The Hall–Kier alpha value is -6.85. The minimum absolute atomic E-state index is 0.0317. The van der Waals surface area contributed by atoms with E-state index in [-0.39, 0.29) is 57.9 Å².